The van der Waals surface area contributed by atoms with E-state index in [9.17, 15) is 14.4 Å². The van der Waals surface area contributed by atoms with Crippen molar-refractivity contribution in [1.29, 1.82) is 5.26 Å². The van der Waals surface area contributed by atoms with Crippen molar-refractivity contribution in [2.75, 3.05) is 7.11 Å². The zero-order chi connectivity index (χ0) is 15.7. The summed E-state index contributed by atoms with van der Waals surface area (Å²) in [7, 11) is 1.32. The van der Waals surface area contributed by atoms with E-state index in [2.05, 4.69) is 6.07 Å². The van der Waals surface area contributed by atoms with Gasteiger partial charge in [0.25, 0.3) is 0 Å². The number of carbonyl (C=O) groups excluding carboxylic acids is 1. The maximum absolute atomic E-state index is 13.6. The van der Waals surface area contributed by atoms with Gasteiger partial charge in [0.05, 0.1) is 24.7 Å². The van der Waals surface area contributed by atoms with Crippen LogP contribution >= 0.6 is 0 Å². The first-order chi connectivity index (χ1) is 10.6. The number of aryl methyl sites for hydroxylation is 2. The molecule has 0 aliphatic heterocycles. The summed E-state index contributed by atoms with van der Waals surface area (Å²) in [6.45, 7) is 0. The number of halogens is 1. The fourth-order valence-electron chi connectivity index (χ4n) is 2.97. The van der Waals surface area contributed by atoms with Gasteiger partial charge in [-0.15, -0.1) is 0 Å². The summed E-state index contributed by atoms with van der Waals surface area (Å²) in [6, 6.07) is 12.1. The van der Waals surface area contributed by atoms with Crippen molar-refractivity contribution < 1.29 is 13.9 Å². The third kappa shape index (κ3) is 2.35. The van der Waals surface area contributed by atoms with Crippen LogP contribution in [0, 0.1) is 17.1 Å². The van der Waals surface area contributed by atoms with Crippen LogP contribution in [0.15, 0.2) is 36.4 Å². The topological polar surface area (TPSA) is 50.1 Å². The van der Waals surface area contributed by atoms with Crippen LogP contribution in [-0.2, 0) is 17.6 Å². The van der Waals surface area contributed by atoms with E-state index < -0.39 is 11.9 Å². The van der Waals surface area contributed by atoms with Gasteiger partial charge in [-0.2, -0.15) is 5.26 Å². The molecule has 0 saturated heterocycles. The molecule has 1 aliphatic carbocycles. The molecule has 110 valence electrons. The first kappa shape index (κ1) is 14.3. The number of ether oxygens (including phenoxy) is 1. The highest BCUT2D eigenvalue weighted by molar-refractivity contribution is 5.89. The predicted molar refractivity (Wildman–Crippen MR) is 79.0 cm³/mol. The molecule has 0 amide bonds. The van der Waals surface area contributed by atoms with E-state index in [0.29, 0.717) is 11.1 Å². The number of hydrogen-bond acceptors (Lipinski definition) is 3. The van der Waals surface area contributed by atoms with Gasteiger partial charge in [-0.05, 0) is 59.4 Å². The molecular formula is C18H14FNO2. The monoisotopic (exact) mass is 295 g/mol. The second kappa shape index (κ2) is 5.61. The number of esters is 1. The standard InChI is InChI=1S/C18H14FNO2/c1-22-18(21)13-5-4-11-2-3-12-6-7-14(19)9-16(12)17(10-20)15(11)8-13/h4-9,17H,2-3H2,1H3. The van der Waals surface area contributed by atoms with E-state index in [0.717, 1.165) is 29.5 Å². The minimum Gasteiger partial charge on any atom is -0.465 e. The molecule has 3 nitrogen and oxygen atoms in total. The molecule has 0 radical (unpaired) electrons. The van der Waals surface area contributed by atoms with Gasteiger partial charge < -0.3 is 4.74 Å². The number of nitriles is 1. The molecule has 1 atom stereocenters. The molecule has 0 heterocycles. The van der Waals surface area contributed by atoms with Crippen LogP contribution in [0.1, 0.15) is 38.5 Å². The van der Waals surface area contributed by atoms with Gasteiger partial charge in [0.1, 0.15) is 5.82 Å². The highest BCUT2D eigenvalue weighted by atomic mass is 19.1. The number of nitrogens with zero attached hydrogens (tertiary/aromatic N) is 1. The third-order valence-corrected chi connectivity index (χ3v) is 4.09. The van der Waals surface area contributed by atoms with Crippen molar-refractivity contribution in [3.8, 4) is 6.07 Å². The fourth-order valence-corrected chi connectivity index (χ4v) is 2.97. The summed E-state index contributed by atoms with van der Waals surface area (Å²) in [6.07, 6.45) is 1.51. The summed E-state index contributed by atoms with van der Waals surface area (Å²) in [5.41, 5.74) is 3.83. The maximum Gasteiger partial charge on any atom is 0.337 e. The van der Waals surface area contributed by atoms with Crippen LogP contribution in [0.2, 0.25) is 0 Å². The smallest absolute Gasteiger partial charge is 0.337 e. The van der Waals surface area contributed by atoms with Gasteiger partial charge >= 0.3 is 5.97 Å². The number of fused-ring (bicyclic) bond motifs is 2. The lowest BCUT2D eigenvalue weighted by molar-refractivity contribution is 0.0600. The number of rotatable bonds is 1. The zero-order valence-electron chi connectivity index (χ0n) is 12.1. The normalized spacial score (nSPS) is 16.0. The highest BCUT2D eigenvalue weighted by Crippen LogP contribution is 2.34. The molecule has 22 heavy (non-hydrogen) atoms. The third-order valence-electron chi connectivity index (χ3n) is 4.09. The predicted octanol–water partition coefficient (Wildman–Crippen LogP) is 3.37. The molecule has 1 aliphatic rings. The first-order valence-corrected chi connectivity index (χ1v) is 7.03. The van der Waals surface area contributed by atoms with Crippen molar-refractivity contribution in [3.63, 3.8) is 0 Å². The minimum atomic E-state index is -0.576. The average molecular weight is 295 g/mol. The van der Waals surface area contributed by atoms with E-state index in [4.69, 9.17) is 4.74 Å². The highest BCUT2D eigenvalue weighted by Gasteiger charge is 2.25. The summed E-state index contributed by atoms with van der Waals surface area (Å²) in [5, 5.41) is 9.60. The van der Waals surface area contributed by atoms with E-state index in [-0.39, 0.29) is 5.82 Å². The van der Waals surface area contributed by atoms with Gasteiger partial charge in [0, 0.05) is 0 Å². The summed E-state index contributed by atoms with van der Waals surface area (Å²) in [4.78, 5) is 11.7. The van der Waals surface area contributed by atoms with E-state index >= 15 is 0 Å². The van der Waals surface area contributed by atoms with E-state index in [1.54, 1.807) is 18.2 Å². The number of benzene rings is 2. The number of methoxy groups -OCH3 is 1. The van der Waals surface area contributed by atoms with E-state index in [1.165, 1.54) is 19.2 Å². The lowest BCUT2D eigenvalue weighted by atomic mass is 9.88. The molecule has 0 fully saturated rings. The quantitative estimate of drug-likeness (QED) is 0.758. The first-order valence-electron chi connectivity index (χ1n) is 7.03. The molecule has 0 spiro atoms. The largest absolute Gasteiger partial charge is 0.465 e. The van der Waals surface area contributed by atoms with Crippen molar-refractivity contribution in [2.24, 2.45) is 0 Å². The Morgan fingerprint density at radius 3 is 2.45 bits per heavy atom. The number of hydrogen-bond donors (Lipinski definition) is 0. The summed E-state index contributed by atoms with van der Waals surface area (Å²) in [5.74, 6) is -1.37. The molecule has 3 rings (SSSR count). The molecule has 0 bridgehead atoms. The van der Waals surface area contributed by atoms with Crippen molar-refractivity contribution >= 4 is 5.97 Å². The Morgan fingerprint density at radius 1 is 1.18 bits per heavy atom. The Kier molecular flexibility index (Phi) is 3.64. The molecular weight excluding hydrogens is 281 g/mol. The van der Waals surface area contributed by atoms with Gasteiger partial charge in [-0.25, -0.2) is 9.18 Å². The summed E-state index contributed by atoms with van der Waals surface area (Å²) >= 11 is 0. The molecule has 2 aromatic carbocycles. The SMILES string of the molecule is COC(=O)c1ccc2c(c1)C(C#N)c1cc(F)ccc1CC2. The van der Waals surface area contributed by atoms with Gasteiger partial charge in [0.2, 0.25) is 0 Å². The van der Waals surface area contributed by atoms with Gasteiger partial charge in [-0.3, -0.25) is 0 Å². The Balaban J connectivity index is 2.18. The summed E-state index contributed by atoms with van der Waals surface area (Å²) < 4.78 is 18.3. The molecule has 0 saturated carbocycles. The molecule has 0 N–H and O–H groups in total. The Bertz CT molecular complexity index is 792. The molecule has 2 aromatic rings. The van der Waals surface area contributed by atoms with Crippen LogP contribution in [0.5, 0.6) is 0 Å². The maximum atomic E-state index is 13.6. The number of carbonyl (C=O) groups is 1. The van der Waals surface area contributed by atoms with E-state index in [1.807, 2.05) is 6.07 Å². The van der Waals surface area contributed by atoms with Crippen LogP contribution in [0.3, 0.4) is 0 Å². The van der Waals surface area contributed by atoms with Crippen LogP contribution < -0.4 is 0 Å². The lowest BCUT2D eigenvalue weighted by Crippen LogP contribution is -2.06. The minimum absolute atomic E-state index is 0.355. The lowest BCUT2D eigenvalue weighted by Gasteiger charge is -2.14. The molecule has 4 heteroatoms. The Hall–Kier alpha value is -2.67. The molecule has 0 aromatic heterocycles. The zero-order valence-corrected chi connectivity index (χ0v) is 12.1. The fraction of sp³-hybridized carbons (Fsp3) is 0.222. The second-order valence-corrected chi connectivity index (χ2v) is 5.31. The van der Waals surface area contributed by atoms with Crippen LogP contribution in [0.4, 0.5) is 4.39 Å². The van der Waals surface area contributed by atoms with Crippen molar-refractivity contribution in [3.05, 3.63) is 70.0 Å². The Labute approximate surface area is 128 Å². The average Bonchev–Trinajstić information content (AvgIpc) is 2.69. The Morgan fingerprint density at radius 2 is 1.82 bits per heavy atom. The second-order valence-electron chi connectivity index (χ2n) is 5.31. The van der Waals surface area contributed by atoms with Gasteiger partial charge in [-0.1, -0.05) is 12.1 Å². The molecule has 1 unspecified atom stereocenters. The van der Waals surface area contributed by atoms with Crippen molar-refractivity contribution in [1.82, 2.24) is 0 Å². The van der Waals surface area contributed by atoms with Crippen LogP contribution in [0.25, 0.3) is 0 Å². The van der Waals surface area contributed by atoms with Crippen molar-refractivity contribution in [2.45, 2.75) is 18.8 Å². The van der Waals surface area contributed by atoms with Gasteiger partial charge in [0.15, 0.2) is 0 Å². The van der Waals surface area contributed by atoms with Crippen LogP contribution in [-0.4, -0.2) is 13.1 Å².